The summed E-state index contributed by atoms with van der Waals surface area (Å²) < 4.78 is 39.3. The van der Waals surface area contributed by atoms with Crippen molar-refractivity contribution in [1.29, 1.82) is 0 Å². The summed E-state index contributed by atoms with van der Waals surface area (Å²) in [6, 6.07) is 9.82. The van der Waals surface area contributed by atoms with Crippen molar-refractivity contribution in [2.24, 2.45) is 0 Å². The average Bonchev–Trinajstić information content (AvgIpc) is 2.97. The van der Waals surface area contributed by atoms with Gasteiger partial charge in [-0.15, -0.1) is 0 Å². The van der Waals surface area contributed by atoms with Crippen molar-refractivity contribution < 1.29 is 32.0 Å². The summed E-state index contributed by atoms with van der Waals surface area (Å²) in [7, 11) is -5.74. The summed E-state index contributed by atoms with van der Waals surface area (Å²) in [5.74, 6) is -0.407. The van der Waals surface area contributed by atoms with Crippen LogP contribution in [-0.2, 0) is 32.0 Å². The number of rotatable bonds is 5. The molecule has 9 heteroatoms. The summed E-state index contributed by atoms with van der Waals surface area (Å²) >= 11 is 0. The Morgan fingerprint density at radius 2 is 1.35 bits per heavy atom. The molecule has 1 aromatic carbocycles. The van der Waals surface area contributed by atoms with Crippen LogP contribution in [0.15, 0.2) is 30.3 Å². The van der Waals surface area contributed by atoms with E-state index in [-0.39, 0.29) is 28.8 Å². The summed E-state index contributed by atoms with van der Waals surface area (Å²) in [5.41, 5.74) is 1.53. The molecule has 0 N–H and O–H groups in total. The van der Waals surface area contributed by atoms with Crippen molar-refractivity contribution >= 4 is 23.1 Å². The molecule has 1 aromatic rings. The van der Waals surface area contributed by atoms with E-state index in [1.807, 2.05) is 30.3 Å². The molecule has 0 aromatic heterocycles. The summed E-state index contributed by atoms with van der Waals surface area (Å²) in [5, 5.41) is 0. The van der Waals surface area contributed by atoms with Crippen molar-refractivity contribution in [3.8, 4) is 0 Å². The van der Waals surface area contributed by atoms with E-state index >= 15 is 0 Å². The Morgan fingerprint density at radius 1 is 0.794 bits per heavy atom. The predicted molar refractivity (Wildman–Crippen MR) is 133 cm³/mol. The Balaban J connectivity index is 1.78. The molecule has 0 aliphatic carbocycles. The fraction of sp³-hybridized carbons (Fsp3) is 0.720. The van der Waals surface area contributed by atoms with Crippen molar-refractivity contribution in [1.82, 2.24) is 0 Å². The molecule has 3 aliphatic heterocycles. The highest BCUT2D eigenvalue weighted by molar-refractivity contribution is 6.84. The number of ether oxygens (including phenoxy) is 3. The molecule has 0 bridgehead atoms. The second-order valence-electron chi connectivity index (χ2n) is 10.9. The molecule has 3 saturated heterocycles. The fourth-order valence-electron chi connectivity index (χ4n) is 5.55. The Kier molecular flexibility index (Phi) is 7.46. The SMILES string of the molecule is CC(C)[Si]1(C(C)C)O[C@H]2C(=O)O[C@@H]3CO[C@@H](c4ccccc4)OC3[C@@H]2O[Si](C(C)C)(C(C)C)O1. The lowest BCUT2D eigenvalue weighted by Crippen LogP contribution is -2.64. The summed E-state index contributed by atoms with van der Waals surface area (Å²) in [6.45, 7) is 17.5. The Morgan fingerprint density at radius 3 is 1.91 bits per heavy atom. The van der Waals surface area contributed by atoms with Gasteiger partial charge in [-0.3, -0.25) is 0 Å². The van der Waals surface area contributed by atoms with Crippen LogP contribution < -0.4 is 0 Å². The standard InChI is InChI=1S/C25H40O7Si2/c1-15(2)33(16(3)4)30-22-21-20(14-27-25(29-21)19-12-10-9-11-13-19)28-24(26)23(22)31-34(32-33,17(5)6)18(7)8/h9-13,15-18,20-23,25H,14H2,1-8H3/t20-,21?,22+,23-,25-/m1/s1. The molecule has 3 fully saturated rings. The third-order valence-corrected chi connectivity index (χ3v) is 17.7. The zero-order valence-electron chi connectivity index (χ0n) is 21.6. The van der Waals surface area contributed by atoms with Gasteiger partial charge in [-0.05, 0) is 22.2 Å². The van der Waals surface area contributed by atoms with Gasteiger partial charge < -0.3 is 27.2 Å². The highest BCUT2D eigenvalue weighted by Crippen LogP contribution is 2.50. The van der Waals surface area contributed by atoms with Crippen molar-refractivity contribution in [2.45, 2.75) is 108 Å². The second kappa shape index (κ2) is 9.76. The van der Waals surface area contributed by atoms with Crippen LogP contribution in [0.2, 0.25) is 22.2 Å². The first kappa shape index (κ1) is 26.0. The quantitative estimate of drug-likeness (QED) is 0.392. The molecule has 3 heterocycles. The first-order valence-corrected chi connectivity index (χ1v) is 16.5. The first-order valence-electron chi connectivity index (χ1n) is 12.6. The maximum atomic E-state index is 13.3. The van der Waals surface area contributed by atoms with Gasteiger partial charge >= 0.3 is 23.1 Å². The minimum atomic E-state index is -2.89. The number of carbonyl (C=O) groups is 1. The molecule has 7 nitrogen and oxygen atoms in total. The first-order chi connectivity index (χ1) is 16.0. The van der Waals surface area contributed by atoms with Gasteiger partial charge in [0.05, 0.1) is 6.61 Å². The molecule has 0 spiro atoms. The van der Waals surface area contributed by atoms with Gasteiger partial charge in [-0.25, -0.2) is 4.79 Å². The lowest BCUT2D eigenvalue weighted by Gasteiger charge is -2.47. The lowest BCUT2D eigenvalue weighted by molar-refractivity contribution is -0.298. The molecule has 4 rings (SSSR count). The zero-order chi connectivity index (χ0) is 24.8. The largest absolute Gasteiger partial charge is 0.455 e. The fourth-order valence-corrected chi connectivity index (χ4v) is 16.8. The van der Waals surface area contributed by atoms with Gasteiger partial charge in [0, 0.05) is 5.56 Å². The smallest absolute Gasteiger partial charge is 0.337 e. The van der Waals surface area contributed by atoms with Crippen LogP contribution >= 0.6 is 0 Å². The molecule has 34 heavy (non-hydrogen) atoms. The van der Waals surface area contributed by atoms with Crippen molar-refractivity contribution in [3.05, 3.63) is 35.9 Å². The number of esters is 1. The number of hydrogen-bond acceptors (Lipinski definition) is 7. The maximum Gasteiger partial charge on any atom is 0.337 e. The summed E-state index contributed by atoms with van der Waals surface area (Å²) in [6.07, 6.45) is -3.09. The van der Waals surface area contributed by atoms with Crippen LogP contribution in [0.25, 0.3) is 0 Å². The number of fused-ring (bicyclic) bond motifs is 3. The van der Waals surface area contributed by atoms with E-state index in [0.29, 0.717) is 0 Å². The Bertz CT molecular complexity index is 844. The Hall–Kier alpha value is -1.08. The third kappa shape index (κ3) is 4.33. The average molecular weight is 509 g/mol. The maximum absolute atomic E-state index is 13.3. The van der Waals surface area contributed by atoms with Crippen molar-refractivity contribution in [2.75, 3.05) is 6.61 Å². The molecular formula is C25H40O7Si2. The number of carbonyl (C=O) groups excluding carboxylic acids is 1. The molecule has 3 aliphatic rings. The van der Waals surface area contributed by atoms with Crippen molar-refractivity contribution in [3.63, 3.8) is 0 Å². The minimum Gasteiger partial charge on any atom is -0.455 e. The van der Waals surface area contributed by atoms with E-state index in [4.69, 9.17) is 27.2 Å². The monoisotopic (exact) mass is 508 g/mol. The van der Waals surface area contributed by atoms with E-state index in [1.54, 1.807) is 0 Å². The molecule has 0 amide bonds. The van der Waals surface area contributed by atoms with E-state index in [0.717, 1.165) is 5.56 Å². The van der Waals surface area contributed by atoms with E-state index in [1.165, 1.54) is 0 Å². The van der Waals surface area contributed by atoms with Crippen LogP contribution in [-0.4, -0.2) is 54.1 Å². The number of hydrogen-bond donors (Lipinski definition) is 0. The van der Waals surface area contributed by atoms with E-state index in [2.05, 4.69) is 55.4 Å². The van der Waals surface area contributed by atoms with Gasteiger partial charge in [0.2, 0.25) is 0 Å². The summed E-state index contributed by atoms with van der Waals surface area (Å²) in [4.78, 5) is 13.3. The topological polar surface area (TPSA) is 72.5 Å². The normalized spacial score (nSPS) is 32.9. The molecule has 0 saturated carbocycles. The predicted octanol–water partition coefficient (Wildman–Crippen LogP) is 5.35. The van der Waals surface area contributed by atoms with Crippen LogP contribution in [0, 0.1) is 0 Å². The van der Waals surface area contributed by atoms with Crippen LogP contribution in [0.5, 0.6) is 0 Å². The van der Waals surface area contributed by atoms with Gasteiger partial charge in [0.25, 0.3) is 0 Å². The van der Waals surface area contributed by atoms with Gasteiger partial charge in [-0.1, -0.05) is 85.7 Å². The van der Waals surface area contributed by atoms with Gasteiger partial charge in [-0.2, -0.15) is 0 Å². The Labute approximate surface area is 205 Å². The second-order valence-corrected chi connectivity index (χ2v) is 19.7. The van der Waals surface area contributed by atoms with Crippen LogP contribution in [0.1, 0.15) is 67.2 Å². The minimum absolute atomic E-state index is 0.137. The zero-order valence-corrected chi connectivity index (χ0v) is 23.6. The van der Waals surface area contributed by atoms with Crippen LogP contribution in [0.4, 0.5) is 0 Å². The molecular weight excluding hydrogens is 468 g/mol. The van der Waals surface area contributed by atoms with Gasteiger partial charge in [0.15, 0.2) is 18.5 Å². The third-order valence-electron chi connectivity index (χ3n) is 7.42. The van der Waals surface area contributed by atoms with E-state index < -0.39 is 53.8 Å². The molecule has 1 unspecified atom stereocenters. The highest BCUT2D eigenvalue weighted by atomic mass is 28.5. The van der Waals surface area contributed by atoms with E-state index in [9.17, 15) is 4.79 Å². The van der Waals surface area contributed by atoms with Gasteiger partial charge in [0.1, 0.15) is 12.2 Å². The molecule has 5 atom stereocenters. The highest BCUT2D eigenvalue weighted by Gasteiger charge is 2.65. The lowest BCUT2D eigenvalue weighted by atomic mass is 9.98. The molecule has 0 radical (unpaired) electrons. The van der Waals surface area contributed by atoms with Crippen LogP contribution in [0.3, 0.4) is 0 Å². The number of benzene rings is 1. The molecule has 190 valence electrons.